The van der Waals surface area contributed by atoms with Crippen molar-refractivity contribution >= 4 is 5.69 Å². The molecule has 1 aromatic carbocycles. The van der Waals surface area contributed by atoms with Gasteiger partial charge in [-0.05, 0) is 31.2 Å². The lowest BCUT2D eigenvalue weighted by molar-refractivity contribution is 0.683. The van der Waals surface area contributed by atoms with E-state index >= 15 is 0 Å². The molecule has 0 saturated heterocycles. The van der Waals surface area contributed by atoms with Crippen LogP contribution in [0.15, 0.2) is 42.7 Å². The third-order valence-electron chi connectivity index (χ3n) is 3.54. The van der Waals surface area contributed by atoms with Crippen molar-refractivity contribution in [3.05, 3.63) is 48.3 Å². The fourth-order valence-corrected chi connectivity index (χ4v) is 2.27. The summed E-state index contributed by atoms with van der Waals surface area (Å²) in [5.74, 6) is 0.863. The van der Waals surface area contributed by atoms with Crippen molar-refractivity contribution < 1.29 is 0 Å². The Balaban J connectivity index is 1.62. The van der Waals surface area contributed by atoms with Gasteiger partial charge >= 0.3 is 0 Å². The quantitative estimate of drug-likeness (QED) is 0.871. The van der Waals surface area contributed by atoms with Crippen molar-refractivity contribution in [1.82, 2.24) is 9.78 Å². The maximum absolute atomic E-state index is 4.40. The van der Waals surface area contributed by atoms with Crippen LogP contribution >= 0.6 is 0 Å². The molecule has 1 N–H and O–H groups in total. The smallest absolute Gasteiger partial charge is 0.0728 e. The first kappa shape index (κ1) is 11.3. The van der Waals surface area contributed by atoms with Gasteiger partial charge in [0.2, 0.25) is 0 Å². The van der Waals surface area contributed by atoms with E-state index in [0.29, 0.717) is 6.04 Å². The maximum Gasteiger partial charge on any atom is 0.0728 e. The van der Waals surface area contributed by atoms with E-state index in [9.17, 15) is 0 Å². The van der Waals surface area contributed by atoms with E-state index in [0.717, 1.165) is 18.2 Å². The average Bonchev–Trinajstić information content (AvgIpc) is 3.15. The van der Waals surface area contributed by atoms with E-state index < -0.39 is 0 Å². The number of benzene rings is 1. The van der Waals surface area contributed by atoms with E-state index in [1.165, 1.54) is 18.4 Å². The highest BCUT2D eigenvalue weighted by Gasteiger charge is 2.27. The SMILES string of the molecule is CC(Nc1cnn(Cc2ccccc2)c1)C1CC1. The van der Waals surface area contributed by atoms with Gasteiger partial charge in [-0.15, -0.1) is 0 Å². The molecule has 1 atom stereocenters. The summed E-state index contributed by atoms with van der Waals surface area (Å²) in [5, 5.41) is 7.93. The number of hydrogen-bond donors (Lipinski definition) is 1. The lowest BCUT2D eigenvalue weighted by atomic mass is 10.2. The van der Waals surface area contributed by atoms with Crippen molar-refractivity contribution in [2.75, 3.05) is 5.32 Å². The molecule has 0 radical (unpaired) electrons. The minimum atomic E-state index is 0.569. The van der Waals surface area contributed by atoms with Crippen LogP contribution in [0.4, 0.5) is 5.69 Å². The van der Waals surface area contributed by atoms with Crippen molar-refractivity contribution in [1.29, 1.82) is 0 Å². The normalized spacial score (nSPS) is 16.5. The highest BCUT2D eigenvalue weighted by molar-refractivity contribution is 5.39. The van der Waals surface area contributed by atoms with Crippen molar-refractivity contribution in [2.45, 2.75) is 32.4 Å². The molecule has 1 saturated carbocycles. The van der Waals surface area contributed by atoms with E-state index in [1.807, 2.05) is 16.9 Å². The Hall–Kier alpha value is -1.77. The summed E-state index contributed by atoms with van der Waals surface area (Å²) in [5.41, 5.74) is 2.41. The third-order valence-corrected chi connectivity index (χ3v) is 3.54. The molecule has 0 amide bonds. The first-order chi connectivity index (χ1) is 8.81. The number of hydrogen-bond acceptors (Lipinski definition) is 2. The van der Waals surface area contributed by atoms with Gasteiger partial charge in [-0.25, -0.2) is 0 Å². The average molecular weight is 241 g/mol. The van der Waals surface area contributed by atoms with Gasteiger partial charge in [0, 0.05) is 12.2 Å². The molecule has 1 aliphatic carbocycles. The van der Waals surface area contributed by atoms with Gasteiger partial charge < -0.3 is 5.32 Å². The molecular formula is C15H19N3. The summed E-state index contributed by atoms with van der Waals surface area (Å²) in [7, 11) is 0. The van der Waals surface area contributed by atoms with Crippen LogP contribution in [0.3, 0.4) is 0 Å². The Morgan fingerprint density at radius 1 is 1.33 bits per heavy atom. The second-order valence-corrected chi connectivity index (χ2v) is 5.18. The Labute approximate surface area is 108 Å². The predicted molar refractivity (Wildman–Crippen MR) is 73.6 cm³/mol. The van der Waals surface area contributed by atoms with E-state index in [1.54, 1.807) is 0 Å². The second-order valence-electron chi connectivity index (χ2n) is 5.18. The zero-order chi connectivity index (χ0) is 12.4. The summed E-state index contributed by atoms with van der Waals surface area (Å²) in [6.45, 7) is 3.09. The highest BCUT2D eigenvalue weighted by atomic mass is 15.3. The molecule has 0 spiro atoms. The maximum atomic E-state index is 4.40. The number of nitrogens with zero attached hydrogens (tertiary/aromatic N) is 2. The number of rotatable bonds is 5. The Morgan fingerprint density at radius 3 is 2.83 bits per heavy atom. The molecule has 1 unspecified atom stereocenters. The van der Waals surface area contributed by atoms with Gasteiger partial charge in [0.15, 0.2) is 0 Å². The Kier molecular flexibility index (Phi) is 3.05. The van der Waals surface area contributed by atoms with E-state index in [4.69, 9.17) is 0 Å². The molecule has 94 valence electrons. The van der Waals surface area contributed by atoms with Crippen molar-refractivity contribution in [3.63, 3.8) is 0 Å². The molecule has 1 aliphatic rings. The minimum Gasteiger partial charge on any atom is -0.380 e. The molecular weight excluding hydrogens is 222 g/mol. The van der Waals surface area contributed by atoms with Gasteiger partial charge in [0.05, 0.1) is 18.4 Å². The molecule has 3 heteroatoms. The molecule has 0 aliphatic heterocycles. The molecule has 3 rings (SSSR count). The fraction of sp³-hybridized carbons (Fsp3) is 0.400. The van der Waals surface area contributed by atoms with Crippen LogP contribution < -0.4 is 5.32 Å². The van der Waals surface area contributed by atoms with E-state index in [-0.39, 0.29) is 0 Å². The molecule has 2 aromatic rings. The third kappa shape index (κ3) is 2.73. The summed E-state index contributed by atoms with van der Waals surface area (Å²) in [6, 6.07) is 11.0. The van der Waals surface area contributed by atoms with Gasteiger partial charge in [-0.2, -0.15) is 5.10 Å². The Bertz CT molecular complexity index is 499. The molecule has 1 aromatic heterocycles. The van der Waals surface area contributed by atoms with Crippen LogP contribution in [-0.2, 0) is 6.54 Å². The molecule has 18 heavy (non-hydrogen) atoms. The predicted octanol–water partition coefficient (Wildman–Crippen LogP) is 3.14. The number of aromatic nitrogens is 2. The lowest BCUT2D eigenvalue weighted by Crippen LogP contribution is -2.16. The van der Waals surface area contributed by atoms with Crippen LogP contribution in [0, 0.1) is 5.92 Å². The number of nitrogens with one attached hydrogen (secondary N) is 1. The summed E-state index contributed by atoms with van der Waals surface area (Å²) < 4.78 is 1.98. The second kappa shape index (κ2) is 4.84. The van der Waals surface area contributed by atoms with Crippen LogP contribution in [0.5, 0.6) is 0 Å². The van der Waals surface area contributed by atoms with Gasteiger partial charge in [0.1, 0.15) is 0 Å². The first-order valence-corrected chi connectivity index (χ1v) is 6.64. The largest absolute Gasteiger partial charge is 0.380 e. The Morgan fingerprint density at radius 2 is 2.11 bits per heavy atom. The molecule has 3 nitrogen and oxygen atoms in total. The van der Waals surface area contributed by atoms with Crippen molar-refractivity contribution in [2.24, 2.45) is 5.92 Å². The molecule has 1 fully saturated rings. The summed E-state index contributed by atoms with van der Waals surface area (Å²) in [6.07, 6.45) is 6.74. The van der Waals surface area contributed by atoms with Crippen LogP contribution in [-0.4, -0.2) is 15.8 Å². The van der Waals surface area contributed by atoms with Crippen LogP contribution in [0.1, 0.15) is 25.3 Å². The van der Waals surface area contributed by atoms with Gasteiger partial charge in [-0.1, -0.05) is 30.3 Å². The van der Waals surface area contributed by atoms with Crippen LogP contribution in [0.25, 0.3) is 0 Å². The summed E-state index contributed by atoms with van der Waals surface area (Å²) in [4.78, 5) is 0. The topological polar surface area (TPSA) is 29.9 Å². The van der Waals surface area contributed by atoms with Gasteiger partial charge in [0.25, 0.3) is 0 Å². The van der Waals surface area contributed by atoms with Crippen LogP contribution in [0.2, 0.25) is 0 Å². The highest BCUT2D eigenvalue weighted by Crippen LogP contribution is 2.33. The molecule has 0 bridgehead atoms. The standard InChI is InChI=1S/C15H19N3/c1-12(14-7-8-14)17-15-9-16-18(11-15)10-13-5-3-2-4-6-13/h2-6,9,11-12,14,17H,7-8,10H2,1H3. The summed E-state index contributed by atoms with van der Waals surface area (Å²) >= 11 is 0. The minimum absolute atomic E-state index is 0.569. The monoisotopic (exact) mass is 241 g/mol. The zero-order valence-corrected chi connectivity index (χ0v) is 10.7. The van der Waals surface area contributed by atoms with E-state index in [2.05, 4.69) is 47.8 Å². The molecule has 1 heterocycles. The zero-order valence-electron chi connectivity index (χ0n) is 10.7. The first-order valence-electron chi connectivity index (χ1n) is 6.64. The van der Waals surface area contributed by atoms with Gasteiger partial charge in [-0.3, -0.25) is 4.68 Å². The lowest BCUT2D eigenvalue weighted by Gasteiger charge is -2.11. The van der Waals surface area contributed by atoms with Crippen molar-refractivity contribution in [3.8, 4) is 0 Å². The fourth-order valence-electron chi connectivity index (χ4n) is 2.27. The number of anilines is 1.